The maximum atomic E-state index is 13.8. The van der Waals surface area contributed by atoms with Gasteiger partial charge in [0.2, 0.25) is 0 Å². The molecule has 0 aliphatic carbocycles. The summed E-state index contributed by atoms with van der Waals surface area (Å²) in [5, 5.41) is 12.8. The van der Waals surface area contributed by atoms with Crippen LogP contribution in [-0.4, -0.2) is 72.2 Å². The van der Waals surface area contributed by atoms with Crippen molar-refractivity contribution < 1.29 is 33.0 Å². The molecule has 2 N–H and O–H groups in total. The number of benzene rings is 1. The lowest BCUT2D eigenvalue weighted by Crippen LogP contribution is -2.52. The summed E-state index contributed by atoms with van der Waals surface area (Å²) in [5.74, 6) is -1.51. The molecule has 2 aliphatic heterocycles. The second-order valence-corrected chi connectivity index (χ2v) is 8.12. The summed E-state index contributed by atoms with van der Waals surface area (Å²) in [6.45, 7) is 2.42. The maximum absolute atomic E-state index is 13.8. The van der Waals surface area contributed by atoms with E-state index in [1.54, 1.807) is 11.8 Å². The minimum atomic E-state index is -1.05. The standard InChI is InChI=1S/C22H22ClFN4O6/c1-11-18(25-10-34-11)20-26-15(8-28-5-6-33-9-16(28)21(29)30)17(22(31)32-2)19(27-20)13-4-3-12(24)7-14(13)23/h3-4,7,10,16,19H,5-6,8-9H2,1-2H3,(H,26,27)(H,29,30)/t16-,19-/m0/s1. The van der Waals surface area contributed by atoms with E-state index in [1.165, 1.54) is 25.6 Å². The predicted octanol–water partition coefficient (Wildman–Crippen LogP) is 2.08. The number of hydrogen-bond donors (Lipinski definition) is 2. The molecule has 0 amide bonds. The number of carbonyl (C=O) groups is 2. The first kappa shape index (κ1) is 23.9. The topological polar surface area (TPSA) is 126 Å². The molecule has 3 heterocycles. The van der Waals surface area contributed by atoms with E-state index in [0.717, 1.165) is 6.07 Å². The third-order valence-electron chi connectivity index (χ3n) is 5.64. The molecule has 1 fully saturated rings. The molecule has 1 aromatic heterocycles. The molecule has 1 aromatic carbocycles. The Kier molecular flexibility index (Phi) is 6.96. The number of oxazole rings is 1. The summed E-state index contributed by atoms with van der Waals surface area (Å²) in [5.41, 5.74) is 1.26. The molecule has 0 bridgehead atoms. The zero-order chi connectivity index (χ0) is 24.4. The Labute approximate surface area is 199 Å². The number of amidine groups is 1. The first-order chi connectivity index (χ1) is 16.3. The Balaban J connectivity index is 1.85. The fourth-order valence-electron chi connectivity index (χ4n) is 3.93. The van der Waals surface area contributed by atoms with Gasteiger partial charge in [-0.1, -0.05) is 17.7 Å². The number of aliphatic carboxylic acids is 1. The van der Waals surface area contributed by atoms with Crippen LogP contribution in [0.5, 0.6) is 0 Å². The third-order valence-corrected chi connectivity index (χ3v) is 5.97. The van der Waals surface area contributed by atoms with Gasteiger partial charge >= 0.3 is 11.9 Å². The van der Waals surface area contributed by atoms with Crippen molar-refractivity contribution in [1.82, 2.24) is 15.2 Å². The molecular weight excluding hydrogens is 471 g/mol. The first-order valence-corrected chi connectivity index (χ1v) is 10.7. The number of ether oxygens (including phenoxy) is 2. The van der Waals surface area contributed by atoms with Crippen LogP contribution in [0.15, 0.2) is 45.3 Å². The molecule has 1 saturated heterocycles. The number of carboxylic acids is 1. The van der Waals surface area contributed by atoms with E-state index in [-0.39, 0.29) is 23.7 Å². The zero-order valence-corrected chi connectivity index (χ0v) is 19.1. The highest BCUT2D eigenvalue weighted by Gasteiger charge is 2.37. The Bertz CT molecular complexity index is 1180. The number of methoxy groups -OCH3 is 1. The van der Waals surface area contributed by atoms with Crippen LogP contribution in [0.25, 0.3) is 0 Å². The fraction of sp³-hybridized carbons (Fsp3) is 0.364. The van der Waals surface area contributed by atoms with Gasteiger partial charge in [0, 0.05) is 29.4 Å². The molecular formula is C22H22ClFN4O6. The summed E-state index contributed by atoms with van der Waals surface area (Å²) in [4.78, 5) is 35.3. The van der Waals surface area contributed by atoms with Gasteiger partial charge in [-0.05, 0) is 19.1 Å². The number of nitrogens with zero attached hydrogens (tertiary/aromatic N) is 3. The molecule has 2 atom stereocenters. The average molecular weight is 493 g/mol. The number of morpholine rings is 1. The molecule has 2 aliphatic rings. The smallest absolute Gasteiger partial charge is 0.338 e. The molecule has 12 heteroatoms. The number of aryl methyl sites for hydroxylation is 1. The predicted molar refractivity (Wildman–Crippen MR) is 118 cm³/mol. The number of carboxylic acid groups (broad SMARTS) is 1. The summed E-state index contributed by atoms with van der Waals surface area (Å²) >= 11 is 6.34. The van der Waals surface area contributed by atoms with Crippen LogP contribution < -0.4 is 5.32 Å². The van der Waals surface area contributed by atoms with E-state index in [2.05, 4.69) is 15.3 Å². The molecule has 0 spiro atoms. The van der Waals surface area contributed by atoms with Crippen molar-refractivity contribution in [3.63, 3.8) is 0 Å². The minimum absolute atomic E-state index is 0.00668. The third kappa shape index (κ3) is 4.67. The Morgan fingerprint density at radius 3 is 2.85 bits per heavy atom. The van der Waals surface area contributed by atoms with Crippen LogP contribution >= 0.6 is 11.6 Å². The van der Waals surface area contributed by atoms with Crippen molar-refractivity contribution in [2.75, 3.05) is 33.4 Å². The van der Waals surface area contributed by atoms with E-state index < -0.39 is 29.8 Å². The lowest BCUT2D eigenvalue weighted by Gasteiger charge is -2.35. The number of aliphatic imine (C=N–C) groups is 1. The lowest BCUT2D eigenvalue weighted by atomic mass is 9.94. The van der Waals surface area contributed by atoms with Crippen molar-refractivity contribution in [3.8, 4) is 0 Å². The van der Waals surface area contributed by atoms with E-state index in [4.69, 9.17) is 25.5 Å². The quantitative estimate of drug-likeness (QED) is 0.582. The largest absolute Gasteiger partial charge is 0.480 e. The van der Waals surface area contributed by atoms with Gasteiger partial charge in [0.05, 0.1) is 25.9 Å². The maximum Gasteiger partial charge on any atom is 0.338 e. The number of hydrogen-bond acceptors (Lipinski definition) is 9. The first-order valence-electron chi connectivity index (χ1n) is 10.4. The number of halogens is 2. The normalized spacial score (nSPS) is 21.1. The summed E-state index contributed by atoms with van der Waals surface area (Å²) in [7, 11) is 1.23. The van der Waals surface area contributed by atoms with Crippen LogP contribution in [0.3, 0.4) is 0 Å². The molecule has 0 saturated carbocycles. The van der Waals surface area contributed by atoms with E-state index in [0.29, 0.717) is 41.7 Å². The summed E-state index contributed by atoms with van der Waals surface area (Å²) < 4.78 is 29.4. The van der Waals surface area contributed by atoms with Gasteiger partial charge in [-0.2, -0.15) is 0 Å². The second kappa shape index (κ2) is 9.92. The second-order valence-electron chi connectivity index (χ2n) is 7.71. The Morgan fingerprint density at radius 1 is 1.41 bits per heavy atom. The van der Waals surface area contributed by atoms with Crippen molar-refractivity contribution in [2.24, 2.45) is 4.99 Å². The monoisotopic (exact) mass is 492 g/mol. The van der Waals surface area contributed by atoms with Crippen molar-refractivity contribution in [1.29, 1.82) is 0 Å². The molecule has 2 aromatic rings. The van der Waals surface area contributed by atoms with Gasteiger partial charge < -0.3 is 24.3 Å². The van der Waals surface area contributed by atoms with Crippen LogP contribution in [0.1, 0.15) is 23.1 Å². The van der Waals surface area contributed by atoms with Crippen LogP contribution in [0, 0.1) is 12.7 Å². The van der Waals surface area contributed by atoms with Crippen molar-refractivity contribution in [3.05, 3.63) is 63.7 Å². The van der Waals surface area contributed by atoms with Crippen molar-refractivity contribution >= 4 is 29.4 Å². The lowest BCUT2D eigenvalue weighted by molar-refractivity contribution is -0.149. The summed E-state index contributed by atoms with van der Waals surface area (Å²) in [6, 6.07) is 1.92. The molecule has 4 rings (SSSR count). The van der Waals surface area contributed by atoms with Gasteiger partial charge in [0.1, 0.15) is 29.4 Å². The molecule has 0 unspecified atom stereocenters. The van der Waals surface area contributed by atoms with Crippen LogP contribution in [0.4, 0.5) is 4.39 Å². The molecule has 180 valence electrons. The molecule has 0 radical (unpaired) electrons. The number of aromatic nitrogens is 1. The van der Waals surface area contributed by atoms with E-state index in [9.17, 15) is 19.1 Å². The minimum Gasteiger partial charge on any atom is -0.480 e. The number of esters is 1. The fourth-order valence-corrected chi connectivity index (χ4v) is 4.20. The zero-order valence-electron chi connectivity index (χ0n) is 18.4. The highest BCUT2D eigenvalue weighted by molar-refractivity contribution is 6.31. The Morgan fingerprint density at radius 2 is 2.21 bits per heavy atom. The van der Waals surface area contributed by atoms with E-state index >= 15 is 0 Å². The van der Waals surface area contributed by atoms with Gasteiger partial charge in [-0.25, -0.2) is 14.2 Å². The van der Waals surface area contributed by atoms with Gasteiger partial charge in [0.15, 0.2) is 12.2 Å². The average Bonchev–Trinajstić information content (AvgIpc) is 3.24. The molecule has 10 nitrogen and oxygen atoms in total. The highest BCUT2D eigenvalue weighted by atomic mass is 35.5. The molecule has 34 heavy (non-hydrogen) atoms. The number of carbonyl (C=O) groups excluding carboxylic acids is 1. The van der Waals surface area contributed by atoms with Gasteiger partial charge in [0.25, 0.3) is 0 Å². The number of rotatable bonds is 6. The Hall–Kier alpha value is -3.28. The van der Waals surface area contributed by atoms with Gasteiger partial charge in [-0.15, -0.1) is 0 Å². The van der Waals surface area contributed by atoms with Gasteiger partial charge in [-0.3, -0.25) is 14.7 Å². The SMILES string of the molecule is COC(=O)C1=C(CN2CCOC[C@H]2C(=O)O)NC(c2ncoc2C)=N[C@H]1c1ccc(F)cc1Cl. The van der Waals surface area contributed by atoms with Crippen LogP contribution in [0.2, 0.25) is 5.02 Å². The van der Waals surface area contributed by atoms with Crippen molar-refractivity contribution in [2.45, 2.75) is 19.0 Å². The summed E-state index contributed by atoms with van der Waals surface area (Å²) in [6.07, 6.45) is 1.26. The number of nitrogens with one attached hydrogen (secondary N) is 1. The van der Waals surface area contributed by atoms with E-state index in [1.807, 2.05) is 0 Å². The van der Waals surface area contributed by atoms with Crippen LogP contribution in [-0.2, 0) is 19.1 Å². The highest BCUT2D eigenvalue weighted by Crippen LogP contribution is 2.37.